The zero-order chi connectivity index (χ0) is 19.1. The molecule has 5 nitrogen and oxygen atoms in total. The van der Waals surface area contributed by atoms with Crippen molar-refractivity contribution in [1.29, 1.82) is 0 Å². The lowest BCUT2D eigenvalue weighted by Gasteiger charge is -2.37. The van der Waals surface area contributed by atoms with Crippen LogP contribution in [-0.2, 0) is 9.47 Å². The van der Waals surface area contributed by atoms with Gasteiger partial charge in [0.1, 0.15) is 17.4 Å². The molecule has 150 valence electrons. The molecule has 5 heteroatoms. The van der Waals surface area contributed by atoms with E-state index in [1.807, 2.05) is 34.6 Å². The van der Waals surface area contributed by atoms with E-state index in [4.69, 9.17) is 9.47 Å². The minimum atomic E-state index is -0.762. The van der Waals surface area contributed by atoms with E-state index in [0.717, 1.165) is 19.3 Å². The van der Waals surface area contributed by atoms with Crippen molar-refractivity contribution in [2.45, 2.75) is 116 Å². The molecule has 2 aliphatic carbocycles. The summed E-state index contributed by atoms with van der Waals surface area (Å²) in [5, 5.41) is 10.8. The maximum Gasteiger partial charge on any atom is 0.412 e. The smallest absolute Gasteiger partial charge is 0.412 e. The Balaban J connectivity index is 1.82. The van der Waals surface area contributed by atoms with E-state index >= 15 is 0 Å². The summed E-state index contributed by atoms with van der Waals surface area (Å²) in [6, 6.07) is -0.112. The largest absolute Gasteiger partial charge is 0.444 e. The van der Waals surface area contributed by atoms with Gasteiger partial charge < -0.3 is 14.6 Å². The van der Waals surface area contributed by atoms with E-state index in [0.29, 0.717) is 11.8 Å². The van der Waals surface area contributed by atoms with Gasteiger partial charge in [-0.05, 0) is 65.7 Å². The molecule has 3 rings (SSSR count). The molecule has 0 unspecified atom stereocenters. The number of aliphatic hydroxyl groups is 1. The molecule has 0 spiro atoms. The molecule has 0 aromatic heterocycles. The van der Waals surface area contributed by atoms with E-state index in [1.165, 1.54) is 32.1 Å². The second-order valence-corrected chi connectivity index (χ2v) is 10.0. The zero-order valence-corrected chi connectivity index (χ0v) is 17.2. The Hall–Kier alpha value is -0.810. The number of rotatable bonds is 4. The Bertz CT molecular complexity index is 503. The van der Waals surface area contributed by atoms with Gasteiger partial charge in [-0.1, -0.05) is 32.1 Å². The standard InChI is InChI=1S/C21H37NO4/c1-20(2,3)26-19(24)22-16(13-14-9-7-6-8-10-14)18(25-21(22,4)5)17(23)15-11-12-15/h14-18,23H,6-13H2,1-5H3/t16-,17-,18+/m0/s1. The third kappa shape index (κ3) is 4.53. The second kappa shape index (κ2) is 7.31. The first-order valence-electron chi connectivity index (χ1n) is 10.5. The summed E-state index contributed by atoms with van der Waals surface area (Å²) in [7, 11) is 0. The first kappa shape index (κ1) is 19.9. The van der Waals surface area contributed by atoms with Crippen LogP contribution in [0.3, 0.4) is 0 Å². The van der Waals surface area contributed by atoms with Crippen molar-refractivity contribution in [3.8, 4) is 0 Å². The predicted molar refractivity (Wildman–Crippen MR) is 101 cm³/mol. The molecule has 1 amide bonds. The number of aliphatic hydroxyl groups excluding tert-OH is 1. The lowest BCUT2D eigenvalue weighted by atomic mass is 9.82. The van der Waals surface area contributed by atoms with Gasteiger partial charge in [-0.15, -0.1) is 0 Å². The average Bonchev–Trinajstić information content (AvgIpc) is 3.31. The number of ether oxygens (including phenoxy) is 2. The summed E-state index contributed by atoms with van der Waals surface area (Å²) >= 11 is 0. The van der Waals surface area contributed by atoms with Crippen LogP contribution < -0.4 is 0 Å². The Morgan fingerprint density at radius 2 is 1.81 bits per heavy atom. The molecule has 3 atom stereocenters. The molecule has 0 radical (unpaired) electrons. The van der Waals surface area contributed by atoms with Gasteiger partial charge in [0.25, 0.3) is 0 Å². The Morgan fingerprint density at radius 1 is 1.19 bits per heavy atom. The molecular formula is C21H37NO4. The number of hydrogen-bond donors (Lipinski definition) is 1. The van der Waals surface area contributed by atoms with E-state index in [2.05, 4.69) is 0 Å². The predicted octanol–water partition coefficient (Wildman–Crippen LogP) is 4.47. The van der Waals surface area contributed by atoms with Crippen LogP contribution in [0, 0.1) is 11.8 Å². The van der Waals surface area contributed by atoms with Crippen LogP contribution in [0.5, 0.6) is 0 Å². The highest BCUT2D eigenvalue weighted by Crippen LogP contribution is 2.44. The zero-order valence-electron chi connectivity index (χ0n) is 17.2. The van der Waals surface area contributed by atoms with Gasteiger partial charge in [0.15, 0.2) is 0 Å². The normalized spacial score (nSPS) is 31.1. The van der Waals surface area contributed by atoms with Crippen LogP contribution in [0.1, 0.15) is 86.0 Å². The third-order valence-electron chi connectivity index (χ3n) is 6.05. The fourth-order valence-corrected chi connectivity index (χ4v) is 4.69. The number of nitrogens with zero attached hydrogens (tertiary/aromatic N) is 1. The SMILES string of the molecule is CC(C)(C)OC(=O)N1[C@@H](CC2CCCCC2)[C@H]([C@@H](O)C2CC2)OC1(C)C. The first-order chi connectivity index (χ1) is 12.1. The molecular weight excluding hydrogens is 330 g/mol. The Kier molecular flexibility index (Phi) is 5.60. The lowest BCUT2D eigenvalue weighted by molar-refractivity contribution is -0.106. The summed E-state index contributed by atoms with van der Waals surface area (Å²) in [5.41, 5.74) is -1.31. The van der Waals surface area contributed by atoms with Crippen LogP contribution >= 0.6 is 0 Å². The van der Waals surface area contributed by atoms with E-state index in [1.54, 1.807) is 4.90 Å². The molecule has 1 aliphatic heterocycles. The van der Waals surface area contributed by atoms with Gasteiger partial charge in [0.2, 0.25) is 0 Å². The molecule has 0 aromatic carbocycles. The number of carbonyl (C=O) groups is 1. The molecule has 2 saturated carbocycles. The summed E-state index contributed by atoms with van der Waals surface area (Å²) < 4.78 is 12.0. The maximum absolute atomic E-state index is 13.0. The Morgan fingerprint density at radius 3 is 2.35 bits per heavy atom. The van der Waals surface area contributed by atoms with Crippen molar-refractivity contribution in [2.75, 3.05) is 0 Å². The van der Waals surface area contributed by atoms with Gasteiger partial charge in [-0.2, -0.15) is 0 Å². The van der Waals surface area contributed by atoms with Crippen molar-refractivity contribution < 1.29 is 19.4 Å². The quantitative estimate of drug-likeness (QED) is 0.796. The average molecular weight is 368 g/mol. The van der Waals surface area contributed by atoms with E-state index in [-0.39, 0.29) is 18.2 Å². The number of carbonyl (C=O) groups excluding carboxylic acids is 1. The molecule has 1 N–H and O–H groups in total. The summed E-state index contributed by atoms with van der Waals surface area (Å²) in [6.07, 6.45) is 8.17. The fourth-order valence-electron chi connectivity index (χ4n) is 4.69. The van der Waals surface area contributed by atoms with Gasteiger partial charge in [0.05, 0.1) is 12.1 Å². The minimum Gasteiger partial charge on any atom is -0.444 e. The molecule has 1 saturated heterocycles. The van der Waals surface area contributed by atoms with Crippen molar-refractivity contribution in [3.05, 3.63) is 0 Å². The van der Waals surface area contributed by atoms with Gasteiger partial charge in [-0.3, -0.25) is 4.90 Å². The molecule has 3 fully saturated rings. The van der Waals surface area contributed by atoms with Crippen LogP contribution in [-0.4, -0.2) is 45.7 Å². The molecule has 3 aliphatic rings. The van der Waals surface area contributed by atoms with Crippen molar-refractivity contribution in [3.63, 3.8) is 0 Å². The fraction of sp³-hybridized carbons (Fsp3) is 0.952. The number of hydrogen-bond acceptors (Lipinski definition) is 4. The molecule has 1 heterocycles. The van der Waals surface area contributed by atoms with Crippen molar-refractivity contribution in [1.82, 2.24) is 4.90 Å². The third-order valence-corrected chi connectivity index (χ3v) is 6.05. The van der Waals surface area contributed by atoms with Crippen LogP contribution in [0.15, 0.2) is 0 Å². The molecule has 26 heavy (non-hydrogen) atoms. The van der Waals surface area contributed by atoms with Crippen molar-refractivity contribution in [2.24, 2.45) is 11.8 Å². The highest BCUT2D eigenvalue weighted by molar-refractivity contribution is 5.70. The van der Waals surface area contributed by atoms with Gasteiger partial charge >= 0.3 is 6.09 Å². The van der Waals surface area contributed by atoms with Crippen LogP contribution in [0.25, 0.3) is 0 Å². The summed E-state index contributed by atoms with van der Waals surface area (Å²) in [5.74, 6) is 0.924. The van der Waals surface area contributed by atoms with Crippen LogP contribution in [0.2, 0.25) is 0 Å². The van der Waals surface area contributed by atoms with Gasteiger partial charge in [0, 0.05) is 0 Å². The molecule has 0 aromatic rings. The van der Waals surface area contributed by atoms with E-state index in [9.17, 15) is 9.90 Å². The first-order valence-corrected chi connectivity index (χ1v) is 10.5. The maximum atomic E-state index is 13.0. The monoisotopic (exact) mass is 367 g/mol. The van der Waals surface area contributed by atoms with Gasteiger partial charge in [-0.25, -0.2) is 4.79 Å². The van der Waals surface area contributed by atoms with E-state index < -0.39 is 17.4 Å². The summed E-state index contributed by atoms with van der Waals surface area (Å²) in [4.78, 5) is 14.8. The highest BCUT2D eigenvalue weighted by Gasteiger charge is 2.55. The van der Waals surface area contributed by atoms with Crippen LogP contribution in [0.4, 0.5) is 4.79 Å². The lowest BCUT2D eigenvalue weighted by Crippen LogP contribution is -2.51. The Labute approximate surface area is 158 Å². The minimum absolute atomic E-state index is 0.112. The number of amides is 1. The molecule has 0 bridgehead atoms. The van der Waals surface area contributed by atoms with Crippen molar-refractivity contribution >= 4 is 6.09 Å². The summed E-state index contributed by atoms with van der Waals surface area (Å²) in [6.45, 7) is 9.51. The second-order valence-electron chi connectivity index (χ2n) is 10.0. The highest BCUT2D eigenvalue weighted by atomic mass is 16.6. The topological polar surface area (TPSA) is 59.0 Å².